The van der Waals surface area contributed by atoms with Crippen molar-refractivity contribution in [1.29, 1.82) is 0 Å². The van der Waals surface area contributed by atoms with Crippen molar-refractivity contribution < 1.29 is 14.8 Å². The van der Waals surface area contributed by atoms with Crippen LogP contribution in [0.1, 0.15) is 6.92 Å². The largest absolute Gasteiger partial charge is 0.501 e. The van der Waals surface area contributed by atoms with Crippen molar-refractivity contribution in [3.05, 3.63) is 27.3 Å². The molecule has 0 bridgehead atoms. The van der Waals surface area contributed by atoms with Crippen LogP contribution in [0, 0.1) is 10.1 Å². The molecule has 0 aliphatic carbocycles. The molecule has 1 amide bonds. The summed E-state index contributed by atoms with van der Waals surface area (Å²) in [5.41, 5.74) is -0.702. The predicted octanol–water partition coefficient (Wildman–Crippen LogP) is 1.91. The number of hydrogen-bond acceptors (Lipinski definition) is 4. The number of carbonyl (C=O) groups is 1. The van der Waals surface area contributed by atoms with Crippen molar-refractivity contribution in [3.63, 3.8) is 0 Å². The second-order valence-corrected chi connectivity index (χ2v) is 3.14. The Hall–Kier alpha value is -1.82. The van der Waals surface area contributed by atoms with Gasteiger partial charge in [-0.05, 0) is 12.1 Å². The number of phenols is 1. The van der Waals surface area contributed by atoms with Crippen molar-refractivity contribution in [1.82, 2.24) is 0 Å². The number of benzene rings is 1. The molecule has 1 aromatic rings. The highest BCUT2D eigenvalue weighted by atomic mass is 35.5. The molecule has 0 aromatic heterocycles. The van der Waals surface area contributed by atoms with Crippen molar-refractivity contribution >= 4 is 28.9 Å². The van der Waals surface area contributed by atoms with Gasteiger partial charge in [-0.2, -0.15) is 0 Å². The van der Waals surface area contributed by atoms with Gasteiger partial charge in [0.15, 0.2) is 0 Å². The van der Waals surface area contributed by atoms with Crippen LogP contribution >= 0.6 is 11.6 Å². The lowest BCUT2D eigenvalue weighted by Crippen LogP contribution is -2.08. The Labute approximate surface area is 89.6 Å². The predicted molar refractivity (Wildman–Crippen MR) is 54.1 cm³/mol. The van der Waals surface area contributed by atoms with Crippen LogP contribution in [-0.2, 0) is 4.79 Å². The molecule has 0 heterocycles. The standard InChI is InChI=1S/C8H7ClN2O4/c1-4(12)10-6-3-2-5(9)8(13)7(6)11(14)15/h2-3,13H,1H3,(H,10,12). The molecule has 0 saturated heterocycles. The van der Waals surface area contributed by atoms with Gasteiger partial charge in [0.25, 0.3) is 0 Å². The van der Waals surface area contributed by atoms with Gasteiger partial charge < -0.3 is 10.4 Å². The number of nitrogens with zero attached hydrogens (tertiary/aromatic N) is 1. The van der Waals surface area contributed by atoms with E-state index in [1.54, 1.807) is 0 Å². The van der Waals surface area contributed by atoms with Crippen LogP contribution in [0.2, 0.25) is 5.02 Å². The second kappa shape index (κ2) is 4.14. The molecule has 0 saturated carbocycles. The molecule has 0 unspecified atom stereocenters. The first-order valence-corrected chi connectivity index (χ1v) is 4.24. The number of nitrogens with one attached hydrogen (secondary N) is 1. The maximum atomic E-state index is 10.7. The molecule has 0 radical (unpaired) electrons. The normalized spacial score (nSPS) is 9.73. The number of rotatable bonds is 2. The topological polar surface area (TPSA) is 92.5 Å². The van der Waals surface area contributed by atoms with Crippen molar-refractivity contribution in [2.75, 3.05) is 5.32 Å². The zero-order chi connectivity index (χ0) is 11.6. The number of nitro benzene ring substituents is 1. The summed E-state index contributed by atoms with van der Waals surface area (Å²) in [5.74, 6) is -1.13. The van der Waals surface area contributed by atoms with Gasteiger partial charge in [-0.1, -0.05) is 11.6 Å². The number of hydrogen-bond donors (Lipinski definition) is 2. The number of phenolic OH excluding ortho intramolecular Hbond substituents is 1. The fourth-order valence-corrected chi connectivity index (χ4v) is 1.18. The number of amides is 1. The lowest BCUT2D eigenvalue weighted by Gasteiger charge is -2.05. The van der Waals surface area contributed by atoms with Crippen LogP contribution in [0.25, 0.3) is 0 Å². The van der Waals surface area contributed by atoms with Crippen molar-refractivity contribution in [2.24, 2.45) is 0 Å². The molecule has 2 N–H and O–H groups in total. The minimum atomic E-state index is -0.813. The number of aromatic hydroxyl groups is 1. The van der Waals surface area contributed by atoms with Gasteiger partial charge >= 0.3 is 5.69 Å². The SMILES string of the molecule is CC(=O)Nc1ccc(Cl)c(O)c1[N+](=O)[O-]. The van der Waals surface area contributed by atoms with E-state index >= 15 is 0 Å². The molecule has 6 nitrogen and oxygen atoms in total. The van der Waals surface area contributed by atoms with Gasteiger partial charge in [-0.3, -0.25) is 14.9 Å². The van der Waals surface area contributed by atoms with Crippen LogP contribution in [0.3, 0.4) is 0 Å². The van der Waals surface area contributed by atoms with E-state index in [-0.39, 0.29) is 10.7 Å². The molecule has 0 atom stereocenters. The smallest absolute Gasteiger partial charge is 0.335 e. The third-order valence-electron chi connectivity index (χ3n) is 1.60. The zero-order valence-corrected chi connectivity index (χ0v) is 8.41. The molecule has 0 spiro atoms. The molecule has 0 aliphatic rings. The summed E-state index contributed by atoms with van der Waals surface area (Å²) in [4.78, 5) is 20.5. The average Bonchev–Trinajstić information content (AvgIpc) is 2.10. The first kappa shape index (κ1) is 11.3. The molecule has 80 valence electrons. The first-order chi connectivity index (χ1) is 6.93. The third kappa shape index (κ3) is 2.35. The molecule has 1 aromatic carbocycles. The maximum absolute atomic E-state index is 10.7. The maximum Gasteiger partial charge on any atom is 0.335 e. The summed E-state index contributed by atoms with van der Waals surface area (Å²) in [6, 6.07) is 2.51. The summed E-state index contributed by atoms with van der Waals surface area (Å²) in [7, 11) is 0. The average molecular weight is 231 g/mol. The van der Waals surface area contributed by atoms with Crippen LogP contribution in [0.15, 0.2) is 12.1 Å². The fraction of sp³-hybridized carbons (Fsp3) is 0.125. The Bertz CT molecular complexity index is 433. The highest BCUT2D eigenvalue weighted by molar-refractivity contribution is 6.32. The monoisotopic (exact) mass is 230 g/mol. The summed E-state index contributed by atoms with van der Waals surface area (Å²) in [6.07, 6.45) is 0. The van der Waals surface area contributed by atoms with E-state index in [9.17, 15) is 20.0 Å². The minimum Gasteiger partial charge on any atom is -0.501 e. The fourth-order valence-electron chi connectivity index (χ4n) is 1.03. The molecule has 0 fully saturated rings. The van der Waals surface area contributed by atoms with Crippen molar-refractivity contribution in [2.45, 2.75) is 6.92 Å². The Kier molecular flexibility index (Phi) is 3.11. The number of nitro groups is 1. The van der Waals surface area contributed by atoms with E-state index in [2.05, 4.69) is 5.32 Å². The van der Waals surface area contributed by atoms with E-state index in [1.807, 2.05) is 0 Å². The minimum absolute atomic E-state index is 0.0885. The molecular formula is C8H7ClN2O4. The highest BCUT2D eigenvalue weighted by Gasteiger charge is 2.22. The lowest BCUT2D eigenvalue weighted by molar-refractivity contribution is -0.384. The molecule has 15 heavy (non-hydrogen) atoms. The first-order valence-electron chi connectivity index (χ1n) is 3.87. The van der Waals surface area contributed by atoms with E-state index in [4.69, 9.17) is 11.6 Å². The Morgan fingerprint density at radius 1 is 1.60 bits per heavy atom. The summed E-state index contributed by atoms with van der Waals surface area (Å²) in [5, 5.41) is 22.0. The molecule has 0 aliphatic heterocycles. The summed E-state index contributed by atoms with van der Waals surface area (Å²) < 4.78 is 0. The number of carbonyl (C=O) groups excluding carboxylic acids is 1. The van der Waals surface area contributed by atoms with Crippen molar-refractivity contribution in [3.8, 4) is 5.75 Å². The second-order valence-electron chi connectivity index (χ2n) is 2.73. The third-order valence-corrected chi connectivity index (χ3v) is 1.90. The Balaban J connectivity index is 3.33. The van der Waals surface area contributed by atoms with Crippen LogP contribution < -0.4 is 5.32 Å². The number of halogens is 1. The summed E-state index contributed by atoms with van der Waals surface area (Å²) in [6.45, 7) is 1.20. The van der Waals surface area contributed by atoms with Gasteiger partial charge in [0.1, 0.15) is 5.69 Å². The Morgan fingerprint density at radius 3 is 2.67 bits per heavy atom. The van der Waals surface area contributed by atoms with Gasteiger partial charge in [-0.25, -0.2) is 0 Å². The zero-order valence-electron chi connectivity index (χ0n) is 7.65. The van der Waals surface area contributed by atoms with Gasteiger partial charge in [0.2, 0.25) is 11.7 Å². The van der Waals surface area contributed by atoms with E-state index < -0.39 is 22.3 Å². The van der Waals surface area contributed by atoms with E-state index in [0.29, 0.717) is 0 Å². The molecule has 7 heteroatoms. The number of anilines is 1. The van der Waals surface area contributed by atoms with Crippen LogP contribution in [-0.4, -0.2) is 15.9 Å². The quantitative estimate of drug-likeness (QED) is 0.600. The molecule has 1 rings (SSSR count). The van der Waals surface area contributed by atoms with E-state index in [1.165, 1.54) is 19.1 Å². The molecular weight excluding hydrogens is 224 g/mol. The van der Waals surface area contributed by atoms with E-state index in [0.717, 1.165) is 0 Å². The van der Waals surface area contributed by atoms with Crippen LogP contribution in [0.5, 0.6) is 5.75 Å². The highest BCUT2D eigenvalue weighted by Crippen LogP contribution is 2.39. The van der Waals surface area contributed by atoms with Gasteiger partial charge in [0, 0.05) is 6.92 Å². The Morgan fingerprint density at radius 2 is 2.20 bits per heavy atom. The van der Waals surface area contributed by atoms with Gasteiger partial charge in [-0.15, -0.1) is 0 Å². The summed E-state index contributed by atoms with van der Waals surface area (Å²) >= 11 is 5.50. The lowest BCUT2D eigenvalue weighted by atomic mass is 10.2. The van der Waals surface area contributed by atoms with Gasteiger partial charge in [0.05, 0.1) is 9.95 Å². The van der Waals surface area contributed by atoms with Crippen LogP contribution in [0.4, 0.5) is 11.4 Å².